The van der Waals surface area contributed by atoms with Gasteiger partial charge in [-0.1, -0.05) is 12.1 Å². The number of benzene rings is 1. The van der Waals surface area contributed by atoms with Crippen LogP contribution in [0.3, 0.4) is 0 Å². The molecule has 7 heteroatoms. The molecule has 3 rings (SSSR count). The number of nitrogens with zero attached hydrogens (tertiary/aromatic N) is 1. The fourth-order valence-electron chi connectivity index (χ4n) is 2.52. The quantitative estimate of drug-likeness (QED) is 0.893. The van der Waals surface area contributed by atoms with Gasteiger partial charge in [0.05, 0.1) is 0 Å². The van der Waals surface area contributed by atoms with Crippen molar-refractivity contribution in [3.63, 3.8) is 0 Å². The van der Waals surface area contributed by atoms with Crippen LogP contribution < -0.4 is 10.6 Å². The predicted octanol–water partition coefficient (Wildman–Crippen LogP) is 2.47. The van der Waals surface area contributed by atoms with E-state index in [0.717, 1.165) is 37.0 Å². The summed E-state index contributed by atoms with van der Waals surface area (Å²) in [5.41, 5.74) is 1.62. The highest BCUT2D eigenvalue weighted by atomic mass is 35.5. The number of carbonyl (C=O) groups excluding carboxylic acids is 1. The summed E-state index contributed by atoms with van der Waals surface area (Å²) >= 11 is 0. The van der Waals surface area contributed by atoms with Crippen molar-refractivity contribution in [2.45, 2.75) is 31.7 Å². The molecule has 5 nitrogen and oxygen atoms in total. The van der Waals surface area contributed by atoms with Gasteiger partial charge in [0.1, 0.15) is 5.52 Å². The molecule has 2 heterocycles. The van der Waals surface area contributed by atoms with E-state index in [4.69, 9.17) is 4.42 Å². The molecule has 1 fully saturated rings. The summed E-state index contributed by atoms with van der Waals surface area (Å²) in [5, 5.41) is 6.34. The highest BCUT2D eigenvalue weighted by Gasteiger charge is 2.15. The molecule has 1 aliphatic heterocycles. The van der Waals surface area contributed by atoms with E-state index in [1.807, 2.05) is 24.3 Å². The summed E-state index contributed by atoms with van der Waals surface area (Å²) in [6.45, 7) is 1.92. The lowest BCUT2D eigenvalue weighted by molar-refractivity contribution is -0.121. The van der Waals surface area contributed by atoms with Gasteiger partial charge in [0.25, 0.3) is 0 Å². The van der Waals surface area contributed by atoms with Crippen LogP contribution in [-0.4, -0.2) is 30.0 Å². The van der Waals surface area contributed by atoms with Gasteiger partial charge in [-0.05, 0) is 31.5 Å². The fourth-order valence-corrected chi connectivity index (χ4v) is 2.52. The minimum Gasteiger partial charge on any atom is -0.441 e. The molecule has 1 aliphatic rings. The summed E-state index contributed by atoms with van der Waals surface area (Å²) in [5.74, 6) is 0.698. The van der Waals surface area contributed by atoms with Crippen molar-refractivity contribution in [2.24, 2.45) is 0 Å². The molecule has 1 saturated heterocycles. The van der Waals surface area contributed by atoms with Gasteiger partial charge in [0.15, 0.2) is 11.5 Å². The number of fused-ring (bicyclic) bond motifs is 1. The van der Waals surface area contributed by atoms with Gasteiger partial charge in [-0.3, -0.25) is 4.79 Å². The van der Waals surface area contributed by atoms with Gasteiger partial charge in [0, 0.05) is 25.4 Å². The van der Waals surface area contributed by atoms with Gasteiger partial charge in [-0.15, -0.1) is 24.8 Å². The molecule has 0 radical (unpaired) electrons. The minimum absolute atomic E-state index is 0. The lowest BCUT2D eigenvalue weighted by Gasteiger charge is -2.23. The summed E-state index contributed by atoms with van der Waals surface area (Å²) in [6.07, 6.45) is 3.14. The lowest BCUT2D eigenvalue weighted by Crippen LogP contribution is -2.45. The van der Waals surface area contributed by atoms with Crippen molar-refractivity contribution in [3.05, 3.63) is 30.2 Å². The molecule has 1 aromatic heterocycles. The Morgan fingerprint density at radius 1 is 1.36 bits per heavy atom. The molecule has 2 N–H and O–H groups in total. The predicted molar refractivity (Wildman–Crippen MR) is 90.9 cm³/mol. The molecule has 2 aromatic rings. The monoisotopic (exact) mass is 345 g/mol. The Hall–Kier alpha value is -1.30. The molecule has 0 spiro atoms. The summed E-state index contributed by atoms with van der Waals surface area (Å²) in [4.78, 5) is 16.3. The van der Waals surface area contributed by atoms with Crippen LogP contribution in [0.5, 0.6) is 0 Å². The zero-order chi connectivity index (χ0) is 13.8. The Bertz CT molecular complexity index is 564. The van der Waals surface area contributed by atoms with E-state index in [0.29, 0.717) is 18.7 Å². The van der Waals surface area contributed by atoms with E-state index in [9.17, 15) is 4.79 Å². The number of aryl methyl sites for hydroxylation is 1. The highest BCUT2D eigenvalue weighted by Crippen LogP contribution is 2.15. The second-order valence-electron chi connectivity index (χ2n) is 5.19. The van der Waals surface area contributed by atoms with Crippen LogP contribution in [0.15, 0.2) is 28.7 Å². The average Bonchev–Trinajstić information content (AvgIpc) is 2.89. The summed E-state index contributed by atoms with van der Waals surface area (Å²) in [6, 6.07) is 7.91. The molecular formula is C15H21Cl2N3O2. The molecule has 22 heavy (non-hydrogen) atoms. The summed E-state index contributed by atoms with van der Waals surface area (Å²) in [7, 11) is 0. The fraction of sp³-hybridized carbons (Fsp3) is 0.467. The molecule has 122 valence electrons. The number of halogens is 2. The van der Waals surface area contributed by atoms with Crippen LogP contribution in [0.25, 0.3) is 11.1 Å². The molecule has 1 amide bonds. The average molecular weight is 346 g/mol. The van der Waals surface area contributed by atoms with Gasteiger partial charge >= 0.3 is 0 Å². The van der Waals surface area contributed by atoms with Crippen molar-refractivity contribution in [3.8, 4) is 0 Å². The van der Waals surface area contributed by atoms with Gasteiger partial charge in [-0.2, -0.15) is 0 Å². The Balaban J connectivity index is 0.00000121. The van der Waals surface area contributed by atoms with Crippen molar-refractivity contribution in [1.29, 1.82) is 0 Å². The molecule has 1 aromatic carbocycles. The van der Waals surface area contributed by atoms with Gasteiger partial charge in [-0.25, -0.2) is 4.98 Å². The molecule has 1 atom stereocenters. The Morgan fingerprint density at radius 2 is 2.18 bits per heavy atom. The molecule has 0 bridgehead atoms. The number of aromatic nitrogens is 1. The normalized spacial score (nSPS) is 17.4. The van der Waals surface area contributed by atoms with Crippen LogP contribution >= 0.6 is 24.8 Å². The maximum Gasteiger partial charge on any atom is 0.220 e. The summed E-state index contributed by atoms with van der Waals surface area (Å²) < 4.78 is 5.60. The number of rotatable bonds is 4. The van der Waals surface area contributed by atoms with Crippen molar-refractivity contribution >= 4 is 41.8 Å². The van der Waals surface area contributed by atoms with E-state index in [2.05, 4.69) is 15.6 Å². The third kappa shape index (κ3) is 4.87. The molecular weight excluding hydrogens is 325 g/mol. The number of oxazole rings is 1. The number of hydrogen-bond donors (Lipinski definition) is 2. The largest absolute Gasteiger partial charge is 0.441 e. The van der Waals surface area contributed by atoms with Crippen molar-refractivity contribution in [2.75, 3.05) is 13.1 Å². The van der Waals surface area contributed by atoms with Crippen LogP contribution in [0, 0.1) is 0 Å². The zero-order valence-electron chi connectivity index (χ0n) is 12.2. The van der Waals surface area contributed by atoms with Crippen molar-refractivity contribution < 1.29 is 9.21 Å². The first kappa shape index (κ1) is 18.7. The van der Waals surface area contributed by atoms with Crippen LogP contribution in [0.1, 0.15) is 25.2 Å². The number of carbonyl (C=O) groups is 1. The van der Waals surface area contributed by atoms with E-state index >= 15 is 0 Å². The molecule has 0 saturated carbocycles. The first-order valence-electron chi connectivity index (χ1n) is 7.16. The first-order chi connectivity index (χ1) is 9.81. The SMILES string of the molecule is Cl.Cl.O=C(CCc1nc2ccccc2o1)N[C@H]1CCCNC1. The van der Waals surface area contributed by atoms with E-state index < -0.39 is 0 Å². The van der Waals surface area contributed by atoms with Gasteiger partial charge < -0.3 is 15.1 Å². The number of amides is 1. The molecule has 0 aliphatic carbocycles. The smallest absolute Gasteiger partial charge is 0.220 e. The van der Waals surface area contributed by atoms with Crippen LogP contribution in [0.4, 0.5) is 0 Å². The highest BCUT2D eigenvalue weighted by molar-refractivity contribution is 5.85. The Kier molecular flexibility index (Phi) is 7.65. The number of nitrogens with one attached hydrogen (secondary N) is 2. The topological polar surface area (TPSA) is 67.2 Å². The Labute approximate surface area is 142 Å². The van der Waals surface area contributed by atoms with E-state index in [-0.39, 0.29) is 36.8 Å². The maximum atomic E-state index is 11.9. The van der Waals surface area contributed by atoms with E-state index in [1.54, 1.807) is 0 Å². The Morgan fingerprint density at radius 3 is 2.91 bits per heavy atom. The van der Waals surface area contributed by atoms with Crippen LogP contribution in [0.2, 0.25) is 0 Å². The number of para-hydroxylation sites is 2. The van der Waals surface area contributed by atoms with Crippen molar-refractivity contribution in [1.82, 2.24) is 15.6 Å². The minimum atomic E-state index is 0. The zero-order valence-corrected chi connectivity index (χ0v) is 13.8. The lowest BCUT2D eigenvalue weighted by atomic mass is 10.1. The van der Waals surface area contributed by atoms with Gasteiger partial charge in [0.2, 0.25) is 5.91 Å². The first-order valence-corrected chi connectivity index (χ1v) is 7.16. The second kappa shape index (κ2) is 8.98. The second-order valence-corrected chi connectivity index (χ2v) is 5.19. The van der Waals surface area contributed by atoms with E-state index in [1.165, 1.54) is 0 Å². The third-order valence-electron chi connectivity index (χ3n) is 3.57. The van der Waals surface area contributed by atoms with Crippen LogP contribution in [-0.2, 0) is 11.2 Å². The standard InChI is InChI=1S/C15H19N3O2.2ClH/c19-14(17-11-4-3-9-16-10-11)7-8-15-18-12-5-1-2-6-13(12)20-15;;/h1-2,5-6,11,16H,3-4,7-10H2,(H,17,19);2*1H/t11-;;/m0../s1. The number of piperidine rings is 1. The maximum absolute atomic E-state index is 11.9. The molecule has 0 unspecified atom stereocenters. The number of hydrogen-bond acceptors (Lipinski definition) is 4. The third-order valence-corrected chi connectivity index (χ3v) is 3.57.